The fraction of sp³-hybridized carbons (Fsp3) is 0.556. The molecule has 0 atom stereocenters. The van der Waals surface area contributed by atoms with Crippen LogP contribution in [0.4, 0.5) is 0 Å². The van der Waals surface area contributed by atoms with Crippen molar-refractivity contribution in [3.8, 4) is 0 Å². The molecule has 1 aromatic rings. The summed E-state index contributed by atoms with van der Waals surface area (Å²) in [6.07, 6.45) is 3.14. The third-order valence-electron chi connectivity index (χ3n) is 4.36. The van der Waals surface area contributed by atoms with Gasteiger partial charge in [-0.15, -0.1) is 5.06 Å². The van der Waals surface area contributed by atoms with Crippen molar-refractivity contribution in [2.24, 2.45) is 5.41 Å². The summed E-state index contributed by atoms with van der Waals surface area (Å²) in [5, 5.41) is 1.74. The molecular formula is C18H25NO3. The molecule has 0 unspecified atom stereocenters. The fourth-order valence-electron chi connectivity index (χ4n) is 2.82. The Kier molecular flexibility index (Phi) is 5.01. The number of piperidine rings is 1. The highest BCUT2D eigenvalue weighted by atomic mass is 16.7. The lowest BCUT2D eigenvalue weighted by molar-refractivity contribution is -0.207. The zero-order valence-electron chi connectivity index (χ0n) is 13.7. The summed E-state index contributed by atoms with van der Waals surface area (Å²) in [5.74, 6) is -0.213. The summed E-state index contributed by atoms with van der Waals surface area (Å²) >= 11 is 0. The van der Waals surface area contributed by atoms with E-state index >= 15 is 0 Å². The van der Waals surface area contributed by atoms with Crippen LogP contribution in [0.1, 0.15) is 45.6 Å². The topological polar surface area (TPSA) is 46.6 Å². The first-order valence-corrected chi connectivity index (χ1v) is 7.84. The maximum Gasteiger partial charge on any atom is 0.330 e. The van der Waals surface area contributed by atoms with Crippen molar-refractivity contribution in [3.63, 3.8) is 0 Å². The van der Waals surface area contributed by atoms with Gasteiger partial charge in [0.25, 0.3) is 0 Å². The molecule has 2 rings (SSSR count). The standard InChI is InChI=1S/C18H25NO3/c1-17(2,3)16(21)22-19-12-9-18(10-13-19,11-14-20)15-7-5-4-6-8-15/h4-8,14H,9-13H2,1-3H3. The van der Waals surface area contributed by atoms with Gasteiger partial charge in [0.2, 0.25) is 0 Å². The fourth-order valence-corrected chi connectivity index (χ4v) is 2.82. The van der Waals surface area contributed by atoms with E-state index in [1.807, 2.05) is 39.0 Å². The molecule has 0 radical (unpaired) electrons. The molecule has 4 nitrogen and oxygen atoms in total. The molecule has 0 aliphatic carbocycles. The zero-order chi connectivity index (χ0) is 16.2. The maximum absolute atomic E-state index is 12.0. The molecule has 0 aromatic heterocycles. The molecule has 0 spiro atoms. The summed E-state index contributed by atoms with van der Waals surface area (Å²) in [5.41, 5.74) is 0.564. The molecule has 0 bridgehead atoms. The molecule has 1 aliphatic rings. The molecule has 120 valence electrons. The molecule has 0 amide bonds. The number of aldehydes is 1. The van der Waals surface area contributed by atoms with Crippen LogP contribution >= 0.6 is 0 Å². The first-order chi connectivity index (χ1) is 10.4. The Morgan fingerprint density at radius 3 is 2.32 bits per heavy atom. The van der Waals surface area contributed by atoms with Crippen molar-refractivity contribution in [3.05, 3.63) is 35.9 Å². The van der Waals surface area contributed by atoms with E-state index in [1.54, 1.807) is 5.06 Å². The second-order valence-corrected chi connectivity index (χ2v) is 7.07. The van der Waals surface area contributed by atoms with Crippen LogP contribution in [0, 0.1) is 5.41 Å². The van der Waals surface area contributed by atoms with Crippen molar-refractivity contribution >= 4 is 12.3 Å². The van der Waals surface area contributed by atoms with Gasteiger partial charge in [-0.2, -0.15) is 0 Å². The second-order valence-electron chi connectivity index (χ2n) is 7.07. The zero-order valence-corrected chi connectivity index (χ0v) is 13.7. The van der Waals surface area contributed by atoms with Crippen LogP contribution in [0.2, 0.25) is 0 Å². The SMILES string of the molecule is CC(C)(C)C(=O)ON1CCC(CC=O)(c2ccccc2)CC1. The molecule has 1 aromatic carbocycles. The van der Waals surface area contributed by atoms with Gasteiger partial charge in [0.15, 0.2) is 0 Å². The van der Waals surface area contributed by atoms with Crippen LogP contribution in [0.5, 0.6) is 0 Å². The molecule has 1 saturated heterocycles. The van der Waals surface area contributed by atoms with Crippen molar-refractivity contribution in [1.82, 2.24) is 5.06 Å². The Bertz CT molecular complexity index is 511. The van der Waals surface area contributed by atoms with E-state index in [0.29, 0.717) is 19.5 Å². The number of hydrogen-bond donors (Lipinski definition) is 0. The number of carbonyl (C=O) groups excluding carboxylic acids is 2. The summed E-state index contributed by atoms with van der Waals surface area (Å²) in [4.78, 5) is 28.6. The highest BCUT2D eigenvalue weighted by Gasteiger charge is 2.37. The van der Waals surface area contributed by atoms with E-state index in [0.717, 1.165) is 19.1 Å². The molecule has 1 fully saturated rings. The average molecular weight is 303 g/mol. The lowest BCUT2D eigenvalue weighted by Gasteiger charge is -2.40. The van der Waals surface area contributed by atoms with E-state index in [9.17, 15) is 9.59 Å². The van der Waals surface area contributed by atoms with Crippen molar-refractivity contribution in [2.75, 3.05) is 13.1 Å². The van der Waals surface area contributed by atoms with Gasteiger partial charge in [0, 0.05) is 24.9 Å². The molecule has 22 heavy (non-hydrogen) atoms. The summed E-state index contributed by atoms with van der Waals surface area (Å²) in [6, 6.07) is 10.2. The van der Waals surface area contributed by atoms with Gasteiger partial charge < -0.3 is 9.63 Å². The Morgan fingerprint density at radius 1 is 1.23 bits per heavy atom. The minimum Gasteiger partial charge on any atom is -0.367 e. The Morgan fingerprint density at radius 2 is 1.82 bits per heavy atom. The number of hydroxylamine groups is 2. The highest BCUT2D eigenvalue weighted by Crippen LogP contribution is 2.38. The van der Waals surface area contributed by atoms with Gasteiger partial charge >= 0.3 is 5.97 Å². The van der Waals surface area contributed by atoms with E-state index in [4.69, 9.17) is 4.84 Å². The predicted octanol–water partition coefficient (Wildman–Crippen LogP) is 3.11. The minimum absolute atomic E-state index is 0.131. The van der Waals surface area contributed by atoms with Gasteiger partial charge in [-0.05, 0) is 39.2 Å². The number of carbonyl (C=O) groups is 2. The normalized spacial score (nSPS) is 18.7. The smallest absolute Gasteiger partial charge is 0.330 e. The third-order valence-corrected chi connectivity index (χ3v) is 4.36. The lowest BCUT2D eigenvalue weighted by Crippen LogP contribution is -2.45. The van der Waals surface area contributed by atoms with E-state index in [-0.39, 0.29) is 11.4 Å². The van der Waals surface area contributed by atoms with Crippen LogP contribution in [-0.2, 0) is 19.8 Å². The Hall–Kier alpha value is -1.68. The Labute approximate surface area is 132 Å². The molecule has 0 N–H and O–H groups in total. The largest absolute Gasteiger partial charge is 0.367 e. The molecule has 4 heteroatoms. The van der Waals surface area contributed by atoms with Crippen molar-refractivity contribution in [1.29, 1.82) is 0 Å². The lowest BCUT2D eigenvalue weighted by atomic mass is 9.71. The third kappa shape index (κ3) is 3.74. The summed E-state index contributed by atoms with van der Waals surface area (Å²) in [7, 11) is 0. The van der Waals surface area contributed by atoms with Crippen LogP contribution < -0.4 is 0 Å². The summed E-state index contributed by atoms with van der Waals surface area (Å²) in [6.45, 7) is 6.86. The van der Waals surface area contributed by atoms with Crippen LogP contribution in [0.25, 0.3) is 0 Å². The quantitative estimate of drug-likeness (QED) is 0.802. The highest BCUT2D eigenvalue weighted by molar-refractivity contribution is 5.75. The van der Waals surface area contributed by atoms with Gasteiger partial charge in [0.05, 0.1) is 5.41 Å². The number of benzene rings is 1. The minimum atomic E-state index is -0.503. The van der Waals surface area contributed by atoms with Crippen molar-refractivity contribution in [2.45, 2.75) is 45.4 Å². The van der Waals surface area contributed by atoms with Gasteiger partial charge in [0.1, 0.15) is 6.29 Å². The van der Waals surface area contributed by atoms with E-state index in [2.05, 4.69) is 12.1 Å². The molecule has 1 aliphatic heterocycles. The maximum atomic E-state index is 12.0. The van der Waals surface area contributed by atoms with Gasteiger partial charge in [-0.3, -0.25) is 0 Å². The predicted molar refractivity (Wildman–Crippen MR) is 85.2 cm³/mol. The Balaban J connectivity index is 2.05. The van der Waals surface area contributed by atoms with E-state index < -0.39 is 5.41 Å². The molecule has 1 heterocycles. The van der Waals surface area contributed by atoms with Gasteiger partial charge in [-0.25, -0.2) is 4.79 Å². The first kappa shape index (κ1) is 16.7. The van der Waals surface area contributed by atoms with Crippen LogP contribution in [0.15, 0.2) is 30.3 Å². The van der Waals surface area contributed by atoms with Crippen LogP contribution in [0.3, 0.4) is 0 Å². The second kappa shape index (κ2) is 6.61. The number of rotatable bonds is 4. The average Bonchev–Trinajstić information content (AvgIpc) is 2.49. The van der Waals surface area contributed by atoms with E-state index in [1.165, 1.54) is 5.56 Å². The summed E-state index contributed by atoms with van der Waals surface area (Å²) < 4.78 is 0. The monoisotopic (exact) mass is 303 g/mol. The number of nitrogens with zero attached hydrogens (tertiary/aromatic N) is 1. The number of hydrogen-bond acceptors (Lipinski definition) is 4. The van der Waals surface area contributed by atoms with Crippen LogP contribution in [-0.4, -0.2) is 30.4 Å². The molecular weight excluding hydrogens is 278 g/mol. The van der Waals surface area contributed by atoms with Gasteiger partial charge in [-0.1, -0.05) is 30.3 Å². The molecule has 0 saturated carbocycles. The first-order valence-electron chi connectivity index (χ1n) is 7.84. The van der Waals surface area contributed by atoms with Crippen molar-refractivity contribution < 1.29 is 14.4 Å².